The van der Waals surface area contributed by atoms with Crippen LogP contribution in [-0.2, 0) is 9.47 Å². The fraction of sp³-hybridized carbons (Fsp3) is 0.625. The Labute approximate surface area is 139 Å². The van der Waals surface area contributed by atoms with E-state index in [1.807, 2.05) is 4.90 Å². The second-order valence-electron chi connectivity index (χ2n) is 6.53. The Morgan fingerprint density at radius 2 is 2.21 bits per heavy atom. The molecular formula is C16H21N5O3. The Kier molecular flexibility index (Phi) is 3.73. The predicted octanol–water partition coefficient (Wildman–Crippen LogP) is 0.923. The standard InChI is InChI=1S/C16H21N5O3/c1-23-11-6-7-16(24-2)8-9-20(13(16)10-11)15(22)12-4-3-5-14-17-18-19-21(12)14/h3-5,11,13H,6-10H2,1-2H3/t11-,13+,16-/m0/s1. The first-order valence-corrected chi connectivity index (χ1v) is 8.24. The van der Waals surface area contributed by atoms with E-state index in [-0.39, 0.29) is 23.7 Å². The van der Waals surface area contributed by atoms with E-state index in [4.69, 9.17) is 9.47 Å². The molecule has 0 spiro atoms. The lowest BCUT2D eigenvalue weighted by atomic mass is 9.79. The van der Waals surface area contributed by atoms with Crippen molar-refractivity contribution >= 4 is 11.6 Å². The van der Waals surface area contributed by atoms with Crippen molar-refractivity contribution < 1.29 is 14.3 Å². The van der Waals surface area contributed by atoms with Crippen molar-refractivity contribution in [2.45, 2.75) is 43.4 Å². The predicted molar refractivity (Wildman–Crippen MR) is 84.6 cm³/mol. The Morgan fingerprint density at radius 3 is 3.00 bits per heavy atom. The minimum Gasteiger partial charge on any atom is -0.381 e. The third-order valence-electron chi connectivity index (χ3n) is 5.58. The number of ether oxygens (including phenoxy) is 2. The molecule has 1 saturated carbocycles. The van der Waals surface area contributed by atoms with Gasteiger partial charge in [-0.25, -0.2) is 0 Å². The highest BCUT2D eigenvalue weighted by molar-refractivity contribution is 5.93. The van der Waals surface area contributed by atoms with Crippen LogP contribution in [0, 0.1) is 0 Å². The van der Waals surface area contributed by atoms with Crippen LogP contribution >= 0.6 is 0 Å². The van der Waals surface area contributed by atoms with Crippen LogP contribution in [-0.4, -0.2) is 69.4 Å². The maximum atomic E-state index is 13.2. The molecule has 0 bridgehead atoms. The summed E-state index contributed by atoms with van der Waals surface area (Å²) in [5.41, 5.74) is 0.777. The summed E-state index contributed by atoms with van der Waals surface area (Å²) in [6, 6.07) is 5.36. The summed E-state index contributed by atoms with van der Waals surface area (Å²) in [6.45, 7) is 0.673. The summed E-state index contributed by atoms with van der Waals surface area (Å²) >= 11 is 0. The number of likely N-dealkylation sites (tertiary alicyclic amines) is 1. The molecule has 4 rings (SSSR count). The quantitative estimate of drug-likeness (QED) is 0.832. The van der Waals surface area contributed by atoms with Crippen molar-refractivity contribution in [3.8, 4) is 0 Å². The van der Waals surface area contributed by atoms with Gasteiger partial charge in [-0.2, -0.15) is 4.52 Å². The maximum Gasteiger partial charge on any atom is 0.273 e. The van der Waals surface area contributed by atoms with Crippen molar-refractivity contribution in [2.24, 2.45) is 0 Å². The number of methoxy groups -OCH3 is 2. The van der Waals surface area contributed by atoms with E-state index in [0.717, 1.165) is 25.7 Å². The summed E-state index contributed by atoms with van der Waals surface area (Å²) in [5, 5.41) is 11.5. The number of hydrogen-bond acceptors (Lipinski definition) is 6. The molecule has 8 nitrogen and oxygen atoms in total. The van der Waals surface area contributed by atoms with Crippen LogP contribution in [0.3, 0.4) is 0 Å². The van der Waals surface area contributed by atoms with Gasteiger partial charge in [0, 0.05) is 20.8 Å². The zero-order valence-electron chi connectivity index (χ0n) is 13.9. The number of fused-ring (bicyclic) bond motifs is 2. The largest absolute Gasteiger partial charge is 0.381 e. The fourth-order valence-electron chi connectivity index (χ4n) is 4.19. The van der Waals surface area contributed by atoms with E-state index in [1.54, 1.807) is 32.4 Å². The summed E-state index contributed by atoms with van der Waals surface area (Å²) in [7, 11) is 3.48. The van der Waals surface area contributed by atoms with Crippen molar-refractivity contribution in [3.05, 3.63) is 23.9 Å². The molecule has 8 heteroatoms. The SMILES string of the molecule is CO[C@H]1CC[C@]2(OC)CCN(C(=O)c3cccc4nnnn34)[C@@H]2C1. The highest BCUT2D eigenvalue weighted by Gasteiger charge is 2.52. The van der Waals surface area contributed by atoms with E-state index < -0.39 is 0 Å². The third-order valence-corrected chi connectivity index (χ3v) is 5.58. The zero-order valence-corrected chi connectivity index (χ0v) is 13.9. The van der Waals surface area contributed by atoms with Gasteiger partial charge in [-0.1, -0.05) is 6.07 Å². The molecule has 0 radical (unpaired) electrons. The number of carbonyl (C=O) groups is 1. The lowest BCUT2D eigenvalue weighted by Gasteiger charge is -2.43. The molecule has 128 valence electrons. The number of aromatic nitrogens is 4. The molecule has 1 saturated heterocycles. The number of pyridine rings is 1. The number of rotatable bonds is 3. The molecular weight excluding hydrogens is 310 g/mol. The van der Waals surface area contributed by atoms with Crippen molar-refractivity contribution in [1.82, 2.24) is 24.9 Å². The minimum absolute atomic E-state index is 0.0143. The average molecular weight is 331 g/mol. The van der Waals surface area contributed by atoms with Gasteiger partial charge >= 0.3 is 0 Å². The van der Waals surface area contributed by atoms with Gasteiger partial charge in [0.25, 0.3) is 5.91 Å². The molecule has 1 aliphatic carbocycles. The van der Waals surface area contributed by atoms with Gasteiger partial charge in [-0.15, -0.1) is 5.10 Å². The highest BCUT2D eigenvalue weighted by Crippen LogP contribution is 2.43. The van der Waals surface area contributed by atoms with Gasteiger partial charge < -0.3 is 14.4 Å². The lowest BCUT2D eigenvalue weighted by Crippen LogP contribution is -2.53. The lowest BCUT2D eigenvalue weighted by molar-refractivity contribution is -0.0894. The minimum atomic E-state index is -0.265. The first-order chi connectivity index (χ1) is 11.7. The molecule has 24 heavy (non-hydrogen) atoms. The Hall–Kier alpha value is -2.06. The smallest absolute Gasteiger partial charge is 0.273 e. The monoisotopic (exact) mass is 331 g/mol. The number of hydrogen-bond donors (Lipinski definition) is 0. The number of carbonyl (C=O) groups excluding carboxylic acids is 1. The van der Waals surface area contributed by atoms with Gasteiger partial charge in [-0.05, 0) is 48.2 Å². The maximum absolute atomic E-state index is 13.2. The molecule has 0 N–H and O–H groups in total. The van der Waals surface area contributed by atoms with E-state index >= 15 is 0 Å². The Morgan fingerprint density at radius 1 is 1.33 bits per heavy atom. The molecule has 2 aliphatic rings. The first-order valence-electron chi connectivity index (χ1n) is 8.24. The second-order valence-corrected chi connectivity index (χ2v) is 6.53. The van der Waals surface area contributed by atoms with Gasteiger partial charge in [0.15, 0.2) is 5.65 Å². The number of tetrazole rings is 1. The van der Waals surface area contributed by atoms with E-state index in [0.29, 0.717) is 17.9 Å². The van der Waals surface area contributed by atoms with Crippen LogP contribution in [0.15, 0.2) is 18.2 Å². The van der Waals surface area contributed by atoms with E-state index in [2.05, 4.69) is 15.5 Å². The second kappa shape index (κ2) is 5.78. The third kappa shape index (κ3) is 2.21. The van der Waals surface area contributed by atoms with E-state index in [9.17, 15) is 4.79 Å². The molecule has 2 aromatic rings. The van der Waals surface area contributed by atoms with Gasteiger partial charge in [0.2, 0.25) is 0 Å². The first kappa shape index (κ1) is 15.5. The average Bonchev–Trinajstić information content (AvgIpc) is 3.25. The summed E-state index contributed by atoms with van der Waals surface area (Å²) < 4.78 is 12.9. The summed E-state index contributed by atoms with van der Waals surface area (Å²) in [4.78, 5) is 15.1. The summed E-state index contributed by atoms with van der Waals surface area (Å²) in [5.74, 6) is -0.0615. The van der Waals surface area contributed by atoms with Crippen LogP contribution in [0.5, 0.6) is 0 Å². The normalized spacial score (nSPS) is 29.8. The van der Waals surface area contributed by atoms with Crippen molar-refractivity contribution in [3.63, 3.8) is 0 Å². The van der Waals surface area contributed by atoms with Crippen molar-refractivity contribution in [1.29, 1.82) is 0 Å². The molecule has 2 fully saturated rings. The molecule has 3 heterocycles. The van der Waals surface area contributed by atoms with Gasteiger partial charge in [-0.3, -0.25) is 4.79 Å². The Balaban J connectivity index is 1.68. The van der Waals surface area contributed by atoms with Crippen LogP contribution in [0.25, 0.3) is 5.65 Å². The number of nitrogens with zero attached hydrogens (tertiary/aromatic N) is 5. The van der Waals surface area contributed by atoms with E-state index in [1.165, 1.54) is 4.52 Å². The fourth-order valence-corrected chi connectivity index (χ4v) is 4.19. The zero-order chi connectivity index (χ0) is 16.7. The molecule has 3 atom stereocenters. The molecule has 1 amide bonds. The van der Waals surface area contributed by atoms with Gasteiger partial charge in [0.1, 0.15) is 5.69 Å². The number of amides is 1. The molecule has 1 aliphatic heterocycles. The van der Waals surface area contributed by atoms with Crippen LogP contribution in [0.1, 0.15) is 36.2 Å². The molecule has 0 aromatic carbocycles. The Bertz CT molecular complexity index is 763. The van der Waals surface area contributed by atoms with Crippen LogP contribution in [0.4, 0.5) is 0 Å². The van der Waals surface area contributed by atoms with Crippen LogP contribution < -0.4 is 0 Å². The van der Waals surface area contributed by atoms with Crippen molar-refractivity contribution in [2.75, 3.05) is 20.8 Å². The van der Waals surface area contributed by atoms with Gasteiger partial charge in [0.05, 0.1) is 17.7 Å². The molecule has 2 aromatic heterocycles. The molecule has 0 unspecified atom stereocenters. The summed E-state index contributed by atoms with van der Waals surface area (Å²) in [6.07, 6.45) is 3.68. The topological polar surface area (TPSA) is 81.9 Å². The highest BCUT2D eigenvalue weighted by atomic mass is 16.5. The van der Waals surface area contributed by atoms with Crippen LogP contribution in [0.2, 0.25) is 0 Å².